The average Bonchev–Trinajstić information content (AvgIpc) is 2.98. The van der Waals surface area contributed by atoms with E-state index in [1.807, 2.05) is 0 Å². The van der Waals surface area contributed by atoms with Crippen LogP contribution in [0.3, 0.4) is 0 Å². The lowest BCUT2D eigenvalue weighted by Crippen LogP contribution is -2.35. The van der Waals surface area contributed by atoms with Gasteiger partial charge in [0.15, 0.2) is 0 Å². The van der Waals surface area contributed by atoms with Crippen LogP contribution in [0.2, 0.25) is 0 Å². The van der Waals surface area contributed by atoms with Gasteiger partial charge in [0.05, 0.1) is 0 Å². The monoisotopic (exact) mass is 239 g/mol. The molecule has 2 aliphatic rings. The number of unbranched alkanes of at least 4 members (excludes halogenated alkanes) is 3. The molecule has 0 aromatic rings. The highest BCUT2D eigenvalue weighted by atomic mass is 16.2. The minimum Gasteiger partial charge on any atom is -0.396 e. The molecule has 1 aliphatic heterocycles. The van der Waals surface area contributed by atoms with Gasteiger partial charge in [-0.25, -0.2) is 0 Å². The summed E-state index contributed by atoms with van der Waals surface area (Å²) in [5.41, 5.74) is 0. The molecule has 2 rings (SSSR count). The Morgan fingerprint density at radius 2 is 1.65 bits per heavy atom. The van der Waals surface area contributed by atoms with E-state index in [4.69, 9.17) is 5.11 Å². The number of aliphatic hydroxyl groups excluding tert-OH is 1. The summed E-state index contributed by atoms with van der Waals surface area (Å²) in [5.74, 6) is 1.02. The normalized spacial score (nSPS) is 27.0. The number of nitrogens with zero attached hydrogens (tertiary/aromatic N) is 1. The second-order valence-corrected chi connectivity index (χ2v) is 5.93. The van der Waals surface area contributed by atoms with Crippen molar-refractivity contribution in [2.75, 3.05) is 19.7 Å². The van der Waals surface area contributed by atoms with Crippen molar-refractivity contribution >= 4 is 0 Å². The summed E-state index contributed by atoms with van der Waals surface area (Å²) < 4.78 is 0. The Morgan fingerprint density at radius 1 is 0.882 bits per heavy atom. The molecule has 0 radical (unpaired) electrons. The molecule has 1 aliphatic carbocycles. The van der Waals surface area contributed by atoms with E-state index in [2.05, 4.69) is 4.90 Å². The van der Waals surface area contributed by atoms with E-state index >= 15 is 0 Å². The Labute approximate surface area is 106 Å². The molecule has 1 N–H and O–H groups in total. The quantitative estimate of drug-likeness (QED) is 0.690. The number of hydrogen-bond donors (Lipinski definition) is 1. The second kappa shape index (κ2) is 7.38. The first-order chi connectivity index (χ1) is 8.42. The molecule has 17 heavy (non-hydrogen) atoms. The van der Waals surface area contributed by atoms with E-state index in [1.165, 1.54) is 70.9 Å². The molecular weight excluding hydrogens is 210 g/mol. The van der Waals surface area contributed by atoms with Crippen molar-refractivity contribution in [1.29, 1.82) is 0 Å². The van der Waals surface area contributed by atoms with Crippen LogP contribution in [-0.4, -0.2) is 35.7 Å². The Balaban J connectivity index is 1.64. The second-order valence-electron chi connectivity index (χ2n) is 5.93. The number of rotatable bonds is 7. The molecule has 2 heteroatoms. The molecule has 2 nitrogen and oxygen atoms in total. The van der Waals surface area contributed by atoms with Crippen molar-refractivity contribution in [2.45, 2.75) is 70.3 Å². The van der Waals surface area contributed by atoms with Gasteiger partial charge in [-0.1, -0.05) is 25.7 Å². The molecule has 100 valence electrons. The minimum atomic E-state index is 0.369. The van der Waals surface area contributed by atoms with E-state index in [9.17, 15) is 0 Å². The molecule has 2 fully saturated rings. The fourth-order valence-electron chi connectivity index (χ4n) is 3.79. The minimum absolute atomic E-state index is 0.369. The third-order valence-electron chi connectivity index (χ3n) is 4.71. The van der Waals surface area contributed by atoms with Crippen LogP contribution < -0.4 is 0 Å². The van der Waals surface area contributed by atoms with Gasteiger partial charge in [-0.2, -0.15) is 0 Å². The zero-order valence-corrected chi connectivity index (χ0v) is 11.2. The van der Waals surface area contributed by atoms with E-state index < -0.39 is 0 Å². The molecule has 1 heterocycles. The lowest BCUT2D eigenvalue weighted by Gasteiger charge is -2.29. The number of aliphatic hydroxyl groups is 1. The first-order valence-electron chi connectivity index (χ1n) is 7.76. The van der Waals surface area contributed by atoms with Crippen molar-refractivity contribution in [3.05, 3.63) is 0 Å². The van der Waals surface area contributed by atoms with Gasteiger partial charge in [0, 0.05) is 12.6 Å². The standard InChI is InChI=1S/C15H29NO/c17-13-6-2-1-5-11-16-12-7-10-15(16)14-8-3-4-9-14/h14-15,17H,1-13H2. The first-order valence-corrected chi connectivity index (χ1v) is 7.76. The fourth-order valence-corrected chi connectivity index (χ4v) is 3.79. The van der Waals surface area contributed by atoms with Crippen molar-refractivity contribution in [2.24, 2.45) is 5.92 Å². The van der Waals surface area contributed by atoms with Gasteiger partial charge >= 0.3 is 0 Å². The van der Waals surface area contributed by atoms with Crippen LogP contribution in [0.5, 0.6) is 0 Å². The maximum atomic E-state index is 8.75. The summed E-state index contributed by atoms with van der Waals surface area (Å²) in [6.07, 6.45) is 13.7. The fraction of sp³-hybridized carbons (Fsp3) is 1.00. The first kappa shape index (κ1) is 13.4. The molecular formula is C15H29NO. The van der Waals surface area contributed by atoms with Crippen LogP contribution >= 0.6 is 0 Å². The van der Waals surface area contributed by atoms with Gasteiger partial charge in [-0.3, -0.25) is 0 Å². The van der Waals surface area contributed by atoms with Gasteiger partial charge in [0.2, 0.25) is 0 Å². The van der Waals surface area contributed by atoms with Gasteiger partial charge in [0.1, 0.15) is 0 Å². The van der Waals surface area contributed by atoms with Crippen LogP contribution in [0.1, 0.15) is 64.2 Å². The number of likely N-dealkylation sites (tertiary alicyclic amines) is 1. The van der Waals surface area contributed by atoms with Crippen LogP contribution in [0, 0.1) is 5.92 Å². The lowest BCUT2D eigenvalue weighted by atomic mass is 9.96. The maximum absolute atomic E-state index is 8.75. The zero-order chi connectivity index (χ0) is 11.9. The highest BCUT2D eigenvalue weighted by Crippen LogP contribution is 2.35. The Bertz CT molecular complexity index is 201. The van der Waals surface area contributed by atoms with E-state index in [-0.39, 0.29) is 0 Å². The van der Waals surface area contributed by atoms with E-state index in [0.717, 1.165) is 18.4 Å². The van der Waals surface area contributed by atoms with Gasteiger partial charge < -0.3 is 10.0 Å². The summed E-state index contributed by atoms with van der Waals surface area (Å²) in [4.78, 5) is 2.77. The van der Waals surface area contributed by atoms with Gasteiger partial charge in [0.25, 0.3) is 0 Å². The van der Waals surface area contributed by atoms with Gasteiger partial charge in [-0.15, -0.1) is 0 Å². The lowest BCUT2D eigenvalue weighted by molar-refractivity contribution is 0.186. The number of hydrogen-bond acceptors (Lipinski definition) is 2. The molecule has 0 aromatic heterocycles. The summed E-state index contributed by atoms with van der Waals surface area (Å²) in [7, 11) is 0. The third kappa shape index (κ3) is 3.96. The summed E-state index contributed by atoms with van der Waals surface area (Å²) >= 11 is 0. The van der Waals surface area contributed by atoms with E-state index in [0.29, 0.717) is 6.61 Å². The van der Waals surface area contributed by atoms with Crippen LogP contribution in [-0.2, 0) is 0 Å². The third-order valence-corrected chi connectivity index (χ3v) is 4.71. The van der Waals surface area contributed by atoms with Crippen LogP contribution in [0.4, 0.5) is 0 Å². The smallest absolute Gasteiger partial charge is 0.0431 e. The molecule has 1 atom stereocenters. The average molecular weight is 239 g/mol. The topological polar surface area (TPSA) is 23.5 Å². The zero-order valence-electron chi connectivity index (χ0n) is 11.2. The molecule has 0 aromatic carbocycles. The highest BCUT2D eigenvalue weighted by Gasteiger charge is 2.32. The molecule has 0 amide bonds. The van der Waals surface area contributed by atoms with Gasteiger partial charge in [-0.05, 0) is 57.5 Å². The summed E-state index contributed by atoms with van der Waals surface area (Å²) in [5, 5.41) is 8.75. The SMILES string of the molecule is OCCCCCCN1CCCC1C1CCCC1. The summed E-state index contributed by atoms with van der Waals surface area (Å²) in [6, 6.07) is 0.926. The van der Waals surface area contributed by atoms with E-state index in [1.54, 1.807) is 0 Å². The van der Waals surface area contributed by atoms with Crippen LogP contribution in [0.25, 0.3) is 0 Å². The maximum Gasteiger partial charge on any atom is 0.0431 e. The predicted octanol–water partition coefficient (Wildman–Crippen LogP) is 3.19. The molecule has 0 spiro atoms. The molecule has 1 unspecified atom stereocenters. The van der Waals surface area contributed by atoms with Crippen molar-refractivity contribution in [3.8, 4) is 0 Å². The van der Waals surface area contributed by atoms with Crippen molar-refractivity contribution in [1.82, 2.24) is 4.90 Å². The molecule has 1 saturated heterocycles. The Kier molecular flexibility index (Phi) is 5.79. The molecule has 1 saturated carbocycles. The molecule has 0 bridgehead atoms. The predicted molar refractivity (Wildman–Crippen MR) is 72.1 cm³/mol. The van der Waals surface area contributed by atoms with Crippen LogP contribution in [0.15, 0.2) is 0 Å². The Hall–Kier alpha value is -0.0800. The largest absolute Gasteiger partial charge is 0.396 e. The van der Waals surface area contributed by atoms with Crippen molar-refractivity contribution in [3.63, 3.8) is 0 Å². The highest BCUT2D eigenvalue weighted by molar-refractivity contribution is 4.87. The summed E-state index contributed by atoms with van der Waals surface area (Å²) in [6.45, 7) is 3.03. The Morgan fingerprint density at radius 3 is 2.41 bits per heavy atom. The van der Waals surface area contributed by atoms with Crippen molar-refractivity contribution < 1.29 is 5.11 Å².